The fraction of sp³-hybridized carbons (Fsp3) is 0.154. The van der Waals surface area contributed by atoms with Crippen LogP contribution in [-0.4, -0.2) is 27.2 Å². The third-order valence-electron chi connectivity index (χ3n) is 3.03. The summed E-state index contributed by atoms with van der Waals surface area (Å²) < 4.78 is 13.7. The van der Waals surface area contributed by atoms with Crippen molar-refractivity contribution < 1.29 is 4.39 Å². The van der Waals surface area contributed by atoms with Crippen LogP contribution in [0.3, 0.4) is 0 Å². The largest absolute Gasteiger partial charge is 0.368 e. The first kappa shape index (κ1) is 12.3. The minimum atomic E-state index is -0.246. The molecule has 0 saturated heterocycles. The van der Waals surface area contributed by atoms with E-state index in [9.17, 15) is 4.39 Å². The van der Waals surface area contributed by atoms with Crippen LogP contribution in [0.1, 0.15) is 5.56 Å². The Balaban J connectivity index is 1.98. The Morgan fingerprint density at radius 1 is 1.30 bits per heavy atom. The number of nitrogens with zero attached hydrogens (tertiary/aromatic N) is 4. The summed E-state index contributed by atoms with van der Waals surface area (Å²) >= 11 is 0. The van der Waals surface area contributed by atoms with Gasteiger partial charge in [0.15, 0.2) is 5.65 Å². The third-order valence-corrected chi connectivity index (χ3v) is 3.03. The molecule has 7 heteroatoms. The minimum absolute atomic E-state index is 0.150. The van der Waals surface area contributed by atoms with Crippen LogP contribution >= 0.6 is 0 Å². The SMILES string of the molecule is CN(Cc1ccccc1F)c1nc(N)nc2[nH]ncc12. The number of nitrogens with two attached hydrogens (primary N) is 1. The van der Waals surface area contributed by atoms with Crippen molar-refractivity contribution in [1.29, 1.82) is 0 Å². The maximum Gasteiger partial charge on any atom is 0.224 e. The number of nitrogens with one attached hydrogen (secondary N) is 1. The molecule has 0 aliphatic rings. The van der Waals surface area contributed by atoms with E-state index in [2.05, 4.69) is 20.2 Å². The summed E-state index contributed by atoms with van der Waals surface area (Å²) in [5, 5.41) is 7.42. The molecule has 0 aliphatic carbocycles. The smallest absolute Gasteiger partial charge is 0.224 e. The van der Waals surface area contributed by atoms with E-state index in [1.165, 1.54) is 6.07 Å². The van der Waals surface area contributed by atoms with Crippen molar-refractivity contribution >= 4 is 22.8 Å². The maximum atomic E-state index is 13.7. The monoisotopic (exact) mass is 272 g/mol. The Kier molecular flexibility index (Phi) is 2.94. The molecule has 20 heavy (non-hydrogen) atoms. The first-order chi connectivity index (χ1) is 9.65. The molecule has 2 heterocycles. The molecule has 1 aromatic carbocycles. The van der Waals surface area contributed by atoms with Crippen LogP contribution in [0.5, 0.6) is 0 Å². The molecule has 3 aromatic rings. The molecular formula is C13H13FN6. The van der Waals surface area contributed by atoms with Gasteiger partial charge in [-0.15, -0.1) is 0 Å². The topological polar surface area (TPSA) is 83.7 Å². The van der Waals surface area contributed by atoms with Gasteiger partial charge in [0.1, 0.15) is 11.6 Å². The molecule has 0 aliphatic heterocycles. The lowest BCUT2D eigenvalue weighted by Crippen LogP contribution is -2.19. The van der Waals surface area contributed by atoms with E-state index >= 15 is 0 Å². The van der Waals surface area contributed by atoms with E-state index in [4.69, 9.17) is 5.73 Å². The van der Waals surface area contributed by atoms with Gasteiger partial charge >= 0.3 is 0 Å². The summed E-state index contributed by atoms with van der Waals surface area (Å²) in [7, 11) is 1.82. The number of nitrogen functional groups attached to an aromatic ring is 1. The number of fused-ring (bicyclic) bond motifs is 1. The normalized spacial score (nSPS) is 10.9. The Bertz CT molecular complexity index is 753. The van der Waals surface area contributed by atoms with E-state index in [1.807, 2.05) is 11.9 Å². The number of H-pyrrole nitrogens is 1. The third kappa shape index (κ3) is 2.13. The Morgan fingerprint density at radius 2 is 2.10 bits per heavy atom. The van der Waals surface area contributed by atoms with Crippen molar-refractivity contribution in [2.75, 3.05) is 17.7 Å². The average Bonchev–Trinajstić information content (AvgIpc) is 2.88. The zero-order valence-corrected chi connectivity index (χ0v) is 10.8. The molecule has 6 nitrogen and oxygen atoms in total. The summed E-state index contributed by atoms with van der Waals surface area (Å²) in [5.41, 5.74) is 6.82. The molecule has 0 saturated carbocycles. The predicted octanol–water partition coefficient (Wildman–Crippen LogP) is 1.71. The van der Waals surface area contributed by atoms with Crippen molar-refractivity contribution in [3.8, 4) is 0 Å². The molecule has 2 aromatic heterocycles. The van der Waals surface area contributed by atoms with Gasteiger partial charge in [-0.2, -0.15) is 15.1 Å². The van der Waals surface area contributed by atoms with Gasteiger partial charge in [-0.05, 0) is 6.07 Å². The van der Waals surface area contributed by atoms with Crippen LogP contribution in [0, 0.1) is 5.82 Å². The summed E-state index contributed by atoms with van der Waals surface area (Å²) in [5.74, 6) is 0.520. The van der Waals surface area contributed by atoms with Crippen molar-refractivity contribution in [1.82, 2.24) is 20.2 Å². The molecule has 0 amide bonds. The Hall–Kier alpha value is -2.70. The zero-order valence-electron chi connectivity index (χ0n) is 10.8. The quantitative estimate of drug-likeness (QED) is 0.758. The number of aromatic nitrogens is 4. The highest BCUT2D eigenvalue weighted by Crippen LogP contribution is 2.23. The molecule has 0 spiro atoms. The Labute approximate surface area is 114 Å². The highest BCUT2D eigenvalue weighted by atomic mass is 19.1. The number of aromatic amines is 1. The number of benzene rings is 1. The number of rotatable bonds is 3. The fourth-order valence-corrected chi connectivity index (χ4v) is 2.08. The molecule has 0 fully saturated rings. The van der Waals surface area contributed by atoms with E-state index in [0.29, 0.717) is 23.6 Å². The van der Waals surface area contributed by atoms with Gasteiger partial charge in [0, 0.05) is 19.2 Å². The summed E-state index contributed by atoms with van der Waals surface area (Å²) in [6, 6.07) is 6.64. The van der Waals surface area contributed by atoms with E-state index in [-0.39, 0.29) is 11.8 Å². The van der Waals surface area contributed by atoms with Crippen LogP contribution in [0.15, 0.2) is 30.5 Å². The molecule has 0 unspecified atom stereocenters. The first-order valence-electron chi connectivity index (χ1n) is 6.06. The highest BCUT2D eigenvalue weighted by molar-refractivity contribution is 5.87. The molecular weight excluding hydrogens is 259 g/mol. The lowest BCUT2D eigenvalue weighted by atomic mass is 10.2. The Morgan fingerprint density at radius 3 is 2.90 bits per heavy atom. The van der Waals surface area contributed by atoms with Crippen LogP contribution in [0.25, 0.3) is 11.0 Å². The van der Waals surface area contributed by atoms with E-state index in [0.717, 1.165) is 5.39 Å². The summed E-state index contributed by atoms with van der Waals surface area (Å²) in [4.78, 5) is 10.1. The van der Waals surface area contributed by atoms with Gasteiger partial charge in [0.2, 0.25) is 5.95 Å². The number of hydrogen-bond donors (Lipinski definition) is 2. The van der Waals surface area contributed by atoms with Gasteiger partial charge in [0.25, 0.3) is 0 Å². The average molecular weight is 272 g/mol. The van der Waals surface area contributed by atoms with Gasteiger partial charge < -0.3 is 10.6 Å². The minimum Gasteiger partial charge on any atom is -0.368 e. The molecule has 0 bridgehead atoms. The van der Waals surface area contributed by atoms with Gasteiger partial charge in [-0.3, -0.25) is 5.10 Å². The molecule has 3 rings (SSSR count). The van der Waals surface area contributed by atoms with Crippen molar-refractivity contribution in [2.45, 2.75) is 6.54 Å². The second kappa shape index (κ2) is 4.76. The van der Waals surface area contributed by atoms with Crippen molar-refractivity contribution in [3.63, 3.8) is 0 Å². The predicted molar refractivity (Wildman–Crippen MR) is 74.6 cm³/mol. The number of hydrogen-bond acceptors (Lipinski definition) is 5. The molecule has 0 atom stereocenters. The summed E-state index contributed by atoms with van der Waals surface area (Å²) in [6.07, 6.45) is 1.63. The van der Waals surface area contributed by atoms with Crippen LogP contribution in [-0.2, 0) is 6.54 Å². The van der Waals surface area contributed by atoms with Gasteiger partial charge in [-0.25, -0.2) is 4.39 Å². The van der Waals surface area contributed by atoms with Crippen LogP contribution in [0.2, 0.25) is 0 Å². The maximum absolute atomic E-state index is 13.7. The van der Waals surface area contributed by atoms with E-state index < -0.39 is 0 Å². The number of halogens is 1. The lowest BCUT2D eigenvalue weighted by molar-refractivity contribution is 0.607. The molecule has 102 valence electrons. The van der Waals surface area contributed by atoms with E-state index in [1.54, 1.807) is 24.4 Å². The van der Waals surface area contributed by atoms with Crippen LogP contribution in [0.4, 0.5) is 16.2 Å². The van der Waals surface area contributed by atoms with Crippen molar-refractivity contribution in [3.05, 3.63) is 41.8 Å². The molecule has 0 radical (unpaired) electrons. The first-order valence-corrected chi connectivity index (χ1v) is 6.06. The van der Waals surface area contributed by atoms with Crippen molar-refractivity contribution in [2.24, 2.45) is 0 Å². The lowest BCUT2D eigenvalue weighted by Gasteiger charge is -2.19. The standard InChI is InChI=1S/C13H13FN6/c1-20(7-8-4-2-3-5-10(8)14)12-9-6-16-19-11(9)17-13(15)18-12/h2-6H,7H2,1H3,(H3,15,16,17,18,19). The highest BCUT2D eigenvalue weighted by Gasteiger charge is 2.13. The summed E-state index contributed by atoms with van der Waals surface area (Å²) in [6.45, 7) is 0.378. The van der Waals surface area contributed by atoms with Crippen LogP contribution < -0.4 is 10.6 Å². The second-order valence-electron chi connectivity index (χ2n) is 4.49. The zero-order chi connectivity index (χ0) is 14.1. The van der Waals surface area contributed by atoms with Gasteiger partial charge in [-0.1, -0.05) is 18.2 Å². The van der Waals surface area contributed by atoms with Gasteiger partial charge in [0.05, 0.1) is 11.6 Å². The molecule has 3 N–H and O–H groups in total. The second-order valence-corrected chi connectivity index (χ2v) is 4.49. The fourth-order valence-electron chi connectivity index (χ4n) is 2.08. The number of anilines is 2.